The topological polar surface area (TPSA) is 29.5 Å². The first kappa shape index (κ1) is 15.2. The van der Waals surface area contributed by atoms with Crippen LogP contribution in [0.25, 0.3) is 0 Å². The first-order valence-corrected chi connectivity index (χ1v) is 7.14. The zero-order valence-corrected chi connectivity index (χ0v) is 12.3. The molecule has 100 valence electrons. The lowest BCUT2D eigenvalue weighted by Gasteiger charge is -2.17. The SMILES string of the molecule is CC(C)(C)CCOCc1cc(C#CCCO)cs1. The highest BCUT2D eigenvalue weighted by Crippen LogP contribution is 2.19. The Morgan fingerprint density at radius 2 is 2.17 bits per heavy atom. The van der Waals surface area contributed by atoms with Crippen LogP contribution in [-0.2, 0) is 11.3 Å². The predicted molar refractivity (Wildman–Crippen MR) is 76.6 cm³/mol. The molecule has 0 aliphatic rings. The standard InChI is InChI=1S/C15H22O2S/c1-15(2,3)7-9-17-11-14-10-13(12-18-14)6-4-5-8-16/h10,12,16H,5,7-9,11H2,1-3H3. The molecule has 0 fully saturated rings. The molecule has 0 aliphatic heterocycles. The van der Waals surface area contributed by atoms with Gasteiger partial charge >= 0.3 is 0 Å². The number of aliphatic hydroxyl groups is 1. The molecule has 0 radical (unpaired) electrons. The minimum absolute atomic E-state index is 0.125. The molecule has 0 aromatic carbocycles. The van der Waals surface area contributed by atoms with E-state index in [2.05, 4.69) is 38.7 Å². The Morgan fingerprint density at radius 1 is 1.39 bits per heavy atom. The van der Waals surface area contributed by atoms with E-state index in [0.29, 0.717) is 18.4 Å². The molecule has 1 heterocycles. The van der Waals surface area contributed by atoms with Gasteiger partial charge in [-0.05, 0) is 17.9 Å². The van der Waals surface area contributed by atoms with Crippen LogP contribution in [0, 0.1) is 17.3 Å². The fourth-order valence-corrected chi connectivity index (χ4v) is 2.05. The lowest BCUT2D eigenvalue weighted by Crippen LogP contribution is -2.09. The van der Waals surface area contributed by atoms with E-state index in [9.17, 15) is 0 Å². The zero-order valence-electron chi connectivity index (χ0n) is 11.5. The average molecular weight is 266 g/mol. The van der Waals surface area contributed by atoms with Gasteiger partial charge in [-0.2, -0.15) is 0 Å². The van der Waals surface area contributed by atoms with Gasteiger partial charge in [0.2, 0.25) is 0 Å². The molecule has 0 amide bonds. The Bertz CT molecular complexity index is 404. The van der Waals surface area contributed by atoms with Gasteiger partial charge in [0.1, 0.15) is 0 Å². The van der Waals surface area contributed by atoms with Crippen molar-refractivity contribution in [3.63, 3.8) is 0 Å². The number of hydrogen-bond donors (Lipinski definition) is 1. The van der Waals surface area contributed by atoms with Crippen LogP contribution >= 0.6 is 11.3 Å². The van der Waals surface area contributed by atoms with Gasteiger partial charge in [0.05, 0.1) is 13.2 Å². The van der Waals surface area contributed by atoms with Gasteiger partial charge in [0.25, 0.3) is 0 Å². The van der Waals surface area contributed by atoms with Crippen molar-refractivity contribution in [1.29, 1.82) is 0 Å². The third kappa shape index (κ3) is 6.80. The van der Waals surface area contributed by atoms with Crippen LogP contribution in [0.4, 0.5) is 0 Å². The van der Waals surface area contributed by atoms with E-state index in [1.54, 1.807) is 11.3 Å². The summed E-state index contributed by atoms with van der Waals surface area (Å²) in [5, 5.41) is 10.7. The van der Waals surface area contributed by atoms with Crippen LogP contribution in [0.3, 0.4) is 0 Å². The Morgan fingerprint density at radius 3 is 2.83 bits per heavy atom. The first-order valence-electron chi connectivity index (χ1n) is 6.26. The largest absolute Gasteiger partial charge is 0.395 e. The van der Waals surface area contributed by atoms with Crippen molar-refractivity contribution in [3.8, 4) is 11.8 Å². The van der Waals surface area contributed by atoms with Crippen molar-refractivity contribution in [2.24, 2.45) is 5.41 Å². The average Bonchev–Trinajstić information content (AvgIpc) is 2.72. The third-order valence-corrected chi connectivity index (χ3v) is 3.27. The fraction of sp³-hybridized carbons (Fsp3) is 0.600. The maximum atomic E-state index is 8.64. The fourth-order valence-electron chi connectivity index (χ4n) is 1.29. The number of thiophene rings is 1. The highest BCUT2D eigenvalue weighted by molar-refractivity contribution is 7.10. The maximum absolute atomic E-state index is 8.64. The summed E-state index contributed by atoms with van der Waals surface area (Å²) in [4.78, 5) is 1.21. The molecule has 1 aromatic heterocycles. The van der Waals surface area contributed by atoms with E-state index in [1.165, 1.54) is 4.88 Å². The van der Waals surface area contributed by atoms with Gasteiger partial charge in [-0.25, -0.2) is 0 Å². The summed E-state index contributed by atoms with van der Waals surface area (Å²) in [6, 6.07) is 2.06. The van der Waals surface area contributed by atoms with Gasteiger partial charge in [0, 0.05) is 28.8 Å². The minimum Gasteiger partial charge on any atom is -0.395 e. The molecular formula is C15H22O2S. The van der Waals surface area contributed by atoms with Crippen molar-refractivity contribution < 1.29 is 9.84 Å². The Balaban J connectivity index is 2.30. The molecule has 1 N–H and O–H groups in total. The summed E-state index contributed by atoms with van der Waals surface area (Å²) in [7, 11) is 0. The van der Waals surface area contributed by atoms with Crippen molar-refractivity contribution in [2.45, 2.75) is 40.2 Å². The van der Waals surface area contributed by atoms with E-state index >= 15 is 0 Å². The van der Waals surface area contributed by atoms with Gasteiger partial charge in [0.15, 0.2) is 0 Å². The third-order valence-electron chi connectivity index (χ3n) is 2.36. The second-order valence-corrected chi connectivity index (χ2v) is 6.44. The van der Waals surface area contributed by atoms with Crippen LogP contribution < -0.4 is 0 Å². The second kappa shape index (κ2) is 7.58. The monoisotopic (exact) mass is 266 g/mol. The van der Waals surface area contributed by atoms with E-state index in [-0.39, 0.29) is 6.61 Å². The quantitative estimate of drug-likeness (QED) is 0.653. The van der Waals surface area contributed by atoms with Gasteiger partial charge < -0.3 is 9.84 Å². The normalized spacial score (nSPS) is 11.1. The summed E-state index contributed by atoms with van der Waals surface area (Å²) < 4.78 is 5.66. The second-order valence-electron chi connectivity index (χ2n) is 5.44. The summed E-state index contributed by atoms with van der Waals surface area (Å²) in [5.41, 5.74) is 1.35. The van der Waals surface area contributed by atoms with Crippen molar-refractivity contribution in [1.82, 2.24) is 0 Å². The molecule has 0 spiro atoms. The number of ether oxygens (including phenoxy) is 1. The van der Waals surface area contributed by atoms with Crippen LogP contribution in [0.1, 0.15) is 44.1 Å². The Labute approximate surface area is 114 Å². The van der Waals surface area contributed by atoms with Crippen molar-refractivity contribution in [3.05, 3.63) is 21.9 Å². The lowest BCUT2D eigenvalue weighted by atomic mass is 9.93. The van der Waals surface area contributed by atoms with Crippen LogP contribution in [0.2, 0.25) is 0 Å². The molecule has 0 bridgehead atoms. The minimum atomic E-state index is 0.125. The molecule has 0 saturated carbocycles. The number of aliphatic hydroxyl groups excluding tert-OH is 1. The maximum Gasteiger partial charge on any atom is 0.0809 e. The smallest absolute Gasteiger partial charge is 0.0809 e. The number of rotatable bonds is 5. The Kier molecular flexibility index (Phi) is 6.42. The molecule has 1 aromatic rings. The summed E-state index contributed by atoms with van der Waals surface area (Å²) in [6.07, 6.45) is 1.61. The molecular weight excluding hydrogens is 244 g/mol. The molecule has 0 aliphatic carbocycles. The van der Waals surface area contributed by atoms with Crippen LogP contribution in [-0.4, -0.2) is 18.3 Å². The molecule has 1 rings (SSSR count). The summed E-state index contributed by atoms with van der Waals surface area (Å²) >= 11 is 1.68. The zero-order chi connectivity index (χ0) is 13.4. The van der Waals surface area contributed by atoms with E-state index in [1.807, 2.05) is 5.38 Å². The van der Waals surface area contributed by atoms with E-state index < -0.39 is 0 Å². The Hall–Kier alpha value is -0.820. The molecule has 0 unspecified atom stereocenters. The van der Waals surface area contributed by atoms with Crippen molar-refractivity contribution >= 4 is 11.3 Å². The molecule has 0 saturated heterocycles. The molecule has 3 heteroatoms. The van der Waals surface area contributed by atoms with Crippen LogP contribution in [0.15, 0.2) is 11.4 Å². The predicted octanol–water partition coefficient (Wildman–Crippen LogP) is 3.43. The highest BCUT2D eigenvalue weighted by Gasteiger charge is 2.09. The van der Waals surface area contributed by atoms with Crippen LogP contribution in [0.5, 0.6) is 0 Å². The van der Waals surface area contributed by atoms with E-state index in [4.69, 9.17) is 9.84 Å². The van der Waals surface area contributed by atoms with Crippen molar-refractivity contribution in [2.75, 3.05) is 13.2 Å². The number of hydrogen-bond acceptors (Lipinski definition) is 3. The molecule has 2 nitrogen and oxygen atoms in total. The van der Waals surface area contributed by atoms with Gasteiger partial charge in [-0.15, -0.1) is 11.3 Å². The van der Waals surface area contributed by atoms with E-state index in [0.717, 1.165) is 18.6 Å². The first-order chi connectivity index (χ1) is 8.51. The van der Waals surface area contributed by atoms with Gasteiger partial charge in [-0.3, -0.25) is 0 Å². The molecule has 18 heavy (non-hydrogen) atoms. The lowest BCUT2D eigenvalue weighted by molar-refractivity contribution is 0.0980. The summed E-state index contributed by atoms with van der Waals surface area (Å²) in [6.45, 7) is 8.25. The summed E-state index contributed by atoms with van der Waals surface area (Å²) in [5.74, 6) is 5.94. The van der Waals surface area contributed by atoms with Gasteiger partial charge in [-0.1, -0.05) is 32.6 Å². The highest BCUT2D eigenvalue weighted by atomic mass is 32.1. The molecule has 0 atom stereocenters.